The van der Waals surface area contributed by atoms with Crippen LogP contribution < -0.4 is 10.6 Å². The van der Waals surface area contributed by atoms with Crippen LogP contribution >= 0.6 is 12.2 Å². The zero-order chi connectivity index (χ0) is 17.7. The number of nitrogens with zero attached hydrogens (tertiary/aromatic N) is 2. The van der Waals surface area contributed by atoms with E-state index in [1.54, 1.807) is 12.1 Å². The molecular formula is C20H17FN4S. The average molecular weight is 364 g/mol. The van der Waals surface area contributed by atoms with E-state index in [9.17, 15) is 4.39 Å². The molecule has 0 saturated heterocycles. The minimum absolute atomic E-state index is 0.0332. The van der Waals surface area contributed by atoms with Crippen molar-refractivity contribution in [3.8, 4) is 11.3 Å². The van der Waals surface area contributed by atoms with Gasteiger partial charge >= 0.3 is 0 Å². The number of anilines is 1. The maximum absolute atomic E-state index is 13.3. The van der Waals surface area contributed by atoms with Crippen molar-refractivity contribution in [1.82, 2.24) is 14.9 Å². The number of aromatic nitrogens is 2. The molecule has 5 rings (SSSR count). The van der Waals surface area contributed by atoms with Gasteiger partial charge in [-0.1, -0.05) is 30.3 Å². The molecule has 1 fully saturated rings. The van der Waals surface area contributed by atoms with Crippen LogP contribution in [-0.2, 0) is 5.54 Å². The number of thiocarbonyl (C=S) groups is 1. The first-order valence-corrected chi connectivity index (χ1v) is 9.02. The molecule has 1 aromatic heterocycles. The molecule has 1 saturated carbocycles. The molecule has 6 heteroatoms. The molecule has 0 atom stereocenters. The summed E-state index contributed by atoms with van der Waals surface area (Å²) in [5, 5.41) is 6.93. The number of halogens is 1. The Kier molecular flexibility index (Phi) is 3.37. The molecule has 3 aromatic rings. The summed E-state index contributed by atoms with van der Waals surface area (Å²) >= 11 is 5.39. The molecule has 2 N–H and O–H groups in total. The molecule has 4 nitrogen and oxygen atoms in total. The summed E-state index contributed by atoms with van der Waals surface area (Å²) in [6.07, 6.45) is 5.75. The molecule has 2 aromatic carbocycles. The van der Waals surface area contributed by atoms with E-state index in [4.69, 9.17) is 12.2 Å². The third-order valence-corrected chi connectivity index (χ3v) is 5.61. The Morgan fingerprint density at radius 1 is 1.19 bits per heavy atom. The fraction of sp³-hybridized carbons (Fsp3) is 0.200. The van der Waals surface area contributed by atoms with Crippen molar-refractivity contribution < 1.29 is 4.39 Å². The van der Waals surface area contributed by atoms with E-state index in [1.165, 1.54) is 29.0 Å². The Morgan fingerprint density at radius 3 is 2.88 bits per heavy atom. The lowest BCUT2D eigenvalue weighted by Gasteiger charge is -2.47. The number of fused-ring (bicyclic) bond motifs is 5. The molecule has 1 aliphatic heterocycles. The molecule has 0 amide bonds. The maximum Gasteiger partial charge on any atom is 0.170 e. The molecule has 0 radical (unpaired) electrons. The van der Waals surface area contributed by atoms with Gasteiger partial charge in [0.25, 0.3) is 0 Å². The zero-order valence-electron chi connectivity index (χ0n) is 13.9. The third kappa shape index (κ3) is 2.25. The van der Waals surface area contributed by atoms with E-state index in [0.717, 1.165) is 12.8 Å². The van der Waals surface area contributed by atoms with Gasteiger partial charge in [0.15, 0.2) is 5.11 Å². The fourth-order valence-corrected chi connectivity index (χ4v) is 4.55. The minimum atomic E-state index is -0.282. The van der Waals surface area contributed by atoms with Gasteiger partial charge in [-0.25, -0.2) is 9.37 Å². The SMILES string of the molecule is Fc1cccc(NC(=S)NC2CC3(C2)c2ccccc2-c2cncn23)c1. The molecule has 2 heterocycles. The monoisotopic (exact) mass is 364 g/mol. The molecule has 26 heavy (non-hydrogen) atoms. The van der Waals surface area contributed by atoms with Crippen molar-refractivity contribution in [1.29, 1.82) is 0 Å². The molecule has 0 unspecified atom stereocenters. The highest BCUT2D eigenvalue weighted by Gasteiger charge is 2.52. The van der Waals surface area contributed by atoms with Gasteiger partial charge < -0.3 is 15.2 Å². The maximum atomic E-state index is 13.3. The molecular weight excluding hydrogens is 347 g/mol. The largest absolute Gasteiger partial charge is 0.360 e. The van der Waals surface area contributed by atoms with Gasteiger partial charge in [0.05, 0.1) is 23.8 Å². The quantitative estimate of drug-likeness (QED) is 0.677. The van der Waals surface area contributed by atoms with Crippen LogP contribution in [0.1, 0.15) is 18.4 Å². The minimum Gasteiger partial charge on any atom is -0.360 e. The van der Waals surface area contributed by atoms with Crippen LogP contribution in [0.15, 0.2) is 61.1 Å². The summed E-state index contributed by atoms with van der Waals surface area (Å²) in [4.78, 5) is 4.34. The van der Waals surface area contributed by atoms with Crippen LogP contribution in [0.2, 0.25) is 0 Å². The van der Waals surface area contributed by atoms with Crippen molar-refractivity contribution in [2.24, 2.45) is 0 Å². The van der Waals surface area contributed by atoms with Crippen LogP contribution in [0, 0.1) is 5.82 Å². The third-order valence-electron chi connectivity index (χ3n) is 5.39. The number of hydrogen-bond donors (Lipinski definition) is 2. The predicted octanol–water partition coefficient (Wildman–Crippen LogP) is 3.90. The zero-order valence-corrected chi connectivity index (χ0v) is 14.8. The van der Waals surface area contributed by atoms with Gasteiger partial charge in [-0.05, 0) is 48.8 Å². The molecule has 2 aliphatic rings. The second-order valence-corrected chi connectivity index (χ2v) is 7.35. The van der Waals surface area contributed by atoms with E-state index >= 15 is 0 Å². The van der Waals surface area contributed by atoms with E-state index < -0.39 is 0 Å². The van der Waals surface area contributed by atoms with Crippen molar-refractivity contribution in [2.75, 3.05) is 5.32 Å². The highest BCUT2D eigenvalue weighted by atomic mass is 32.1. The number of rotatable bonds is 2. The van der Waals surface area contributed by atoms with Gasteiger partial charge in [-0.3, -0.25) is 0 Å². The van der Waals surface area contributed by atoms with Gasteiger partial charge in [0.2, 0.25) is 0 Å². The number of benzene rings is 2. The first kappa shape index (κ1) is 15.5. The lowest BCUT2D eigenvalue weighted by molar-refractivity contribution is 0.160. The molecule has 1 aliphatic carbocycles. The standard InChI is InChI=1S/C20H17FN4S/c21-13-4-3-5-14(8-13)23-19(26)24-15-9-20(10-15)17-7-2-1-6-16(17)18-11-22-12-25(18)20/h1-8,11-12,15H,9-10H2,(H2,23,24,26). The topological polar surface area (TPSA) is 41.9 Å². The Labute approximate surface area is 156 Å². The van der Waals surface area contributed by atoms with Crippen LogP contribution in [0.3, 0.4) is 0 Å². The Morgan fingerprint density at radius 2 is 2.04 bits per heavy atom. The van der Waals surface area contributed by atoms with Crippen LogP contribution in [0.5, 0.6) is 0 Å². The van der Waals surface area contributed by atoms with Crippen LogP contribution in [-0.4, -0.2) is 20.7 Å². The van der Waals surface area contributed by atoms with E-state index in [0.29, 0.717) is 10.8 Å². The van der Waals surface area contributed by atoms with E-state index in [2.05, 4.69) is 44.5 Å². The normalized spacial score (nSPS) is 22.4. The lowest BCUT2D eigenvalue weighted by Crippen LogP contribution is -2.56. The van der Waals surface area contributed by atoms with Crippen molar-refractivity contribution >= 4 is 23.0 Å². The summed E-state index contributed by atoms with van der Waals surface area (Å²) in [6, 6.07) is 15.1. The van der Waals surface area contributed by atoms with Gasteiger partial charge in [-0.15, -0.1) is 0 Å². The fourth-order valence-electron chi connectivity index (χ4n) is 4.27. The Balaban J connectivity index is 1.31. The summed E-state index contributed by atoms with van der Waals surface area (Å²) in [5.41, 5.74) is 4.43. The lowest BCUT2D eigenvalue weighted by atomic mass is 9.68. The Hall–Kier alpha value is -2.73. The first-order chi connectivity index (χ1) is 12.7. The Bertz CT molecular complexity index is 1010. The molecule has 1 spiro atoms. The van der Waals surface area contributed by atoms with E-state index in [1.807, 2.05) is 12.5 Å². The summed E-state index contributed by atoms with van der Waals surface area (Å²) in [6.45, 7) is 0. The second kappa shape index (κ2) is 5.64. The number of imidazole rings is 1. The second-order valence-electron chi connectivity index (χ2n) is 6.94. The van der Waals surface area contributed by atoms with Crippen LogP contribution in [0.25, 0.3) is 11.3 Å². The highest BCUT2D eigenvalue weighted by Crippen LogP contribution is 2.54. The predicted molar refractivity (Wildman–Crippen MR) is 104 cm³/mol. The summed E-state index contributed by atoms with van der Waals surface area (Å²) in [7, 11) is 0. The molecule has 0 bridgehead atoms. The van der Waals surface area contributed by atoms with Gasteiger partial charge in [0.1, 0.15) is 5.82 Å². The highest BCUT2D eigenvalue weighted by molar-refractivity contribution is 7.80. The van der Waals surface area contributed by atoms with Gasteiger partial charge in [-0.2, -0.15) is 0 Å². The smallest absolute Gasteiger partial charge is 0.170 e. The van der Waals surface area contributed by atoms with Crippen LogP contribution in [0.4, 0.5) is 10.1 Å². The van der Waals surface area contributed by atoms with Crippen molar-refractivity contribution in [2.45, 2.75) is 24.4 Å². The first-order valence-electron chi connectivity index (χ1n) is 8.61. The van der Waals surface area contributed by atoms with Gasteiger partial charge in [0, 0.05) is 17.3 Å². The van der Waals surface area contributed by atoms with E-state index in [-0.39, 0.29) is 17.4 Å². The van der Waals surface area contributed by atoms with Crippen molar-refractivity contribution in [3.05, 3.63) is 72.4 Å². The average Bonchev–Trinajstić information content (AvgIpc) is 3.16. The van der Waals surface area contributed by atoms with Crippen molar-refractivity contribution in [3.63, 3.8) is 0 Å². The molecule has 130 valence electrons. The number of hydrogen-bond acceptors (Lipinski definition) is 2. The summed E-state index contributed by atoms with van der Waals surface area (Å²) < 4.78 is 15.6. The number of nitrogens with one attached hydrogen (secondary N) is 2. The summed E-state index contributed by atoms with van der Waals surface area (Å²) in [5.74, 6) is -0.282.